The van der Waals surface area contributed by atoms with Crippen LogP contribution in [0.2, 0.25) is 0 Å². The van der Waals surface area contributed by atoms with Crippen molar-refractivity contribution in [3.8, 4) is 0 Å². The Morgan fingerprint density at radius 3 is 2.09 bits per heavy atom. The number of halogens is 2. The lowest BCUT2D eigenvalue weighted by Crippen LogP contribution is -1.89. The van der Waals surface area contributed by atoms with Crippen molar-refractivity contribution in [1.29, 1.82) is 0 Å². The van der Waals surface area contributed by atoms with Crippen LogP contribution in [-0.4, -0.2) is 0 Å². The number of rotatable bonds is 1. The highest BCUT2D eigenvalue weighted by molar-refractivity contribution is 5.49. The largest absolute Gasteiger partial charge is 0.206 e. The van der Waals surface area contributed by atoms with Gasteiger partial charge in [0.05, 0.1) is 0 Å². The monoisotopic (exact) mass is 154 g/mol. The number of hydrogen-bond donors (Lipinski definition) is 0. The van der Waals surface area contributed by atoms with E-state index >= 15 is 0 Å². The quantitative estimate of drug-likeness (QED) is 0.583. The fourth-order valence-electron chi connectivity index (χ4n) is 0.906. The molecule has 0 aliphatic heterocycles. The summed E-state index contributed by atoms with van der Waals surface area (Å²) < 4.78 is 25.6. The van der Waals surface area contributed by atoms with Gasteiger partial charge < -0.3 is 0 Å². The smallest absolute Gasteiger partial charge is 0.133 e. The predicted molar refractivity (Wildman–Crippen MR) is 41.2 cm³/mol. The molecule has 0 saturated carbocycles. The van der Waals surface area contributed by atoms with E-state index in [1.165, 1.54) is 18.2 Å². The van der Waals surface area contributed by atoms with E-state index in [1.54, 1.807) is 6.92 Å². The summed E-state index contributed by atoms with van der Waals surface area (Å²) in [5.74, 6) is -1.12. The zero-order chi connectivity index (χ0) is 8.43. The molecule has 0 unspecified atom stereocenters. The van der Waals surface area contributed by atoms with Crippen molar-refractivity contribution in [2.24, 2.45) is 0 Å². The van der Waals surface area contributed by atoms with Gasteiger partial charge in [-0.05, 0) is 24.6 Å². The topological polar surface area (TPSA) is 0 Å². The summed E-state index contributed by atoms with van der Waals surface area (Å²) >= 11 is 0. The number of aryl methyl sites for hydroxylation is 1. The van der Waals surface area contributed by atoms with Crippen molar-refractivity contribution in [3.05, 3.63) is 41.5 Å². The molecule has 58 valence electrons. The van der Waals surface area contributed by atoms with Gasteiger partial charge in [-0.3, -0.25) is 0 Å². The highest BCUT2D eigenvalue weighted by Gasteiger charge is 2.04. The molecule has 1 aromatic rings. The van der Waals surface area contributed by atoms with Crippen LogP contribution in [0.15, 0.2) is 18.7 Å². The first-order chi connectivity index (χ1) is 5.15. The van der Waals surface area contributed by atoms with Crippen molar-refractivity contribution >= 4 is 6.08 Å². The van der Waals surface area contributed by atoms with Crippen LogP contribution < -0.4 is 0 Å². The van der Waals surface area contributed by atoms with E-state index in [4.69, 9.17) is 0 Å². The Labute approximate surface area is 64.2 Å². The van der Waals surface area contributed by atoms with Gasteiger partial charge in [0.2, 0.25) is 0 Å². The van der Waals surface area contributed by atoms with Crippen LogP contribution in [0, 0.1) is 18.6 Å². The standard InChI is InChI=1S/C9H8F2/c1-3-7-8(10)4-6(2)5-9(7)11/h3-5H,1H2,2H3. The molecule has 0 atom stereocenters. The average molecular weight is 154 g/mol. The van der Waals surface area contributed by atoms with Crippen LogP contribution >= 0.6 is 0 Å². The summed E-state index contributed by atoms with van der Waals surface area (Å²) in [7, 11) is 0. The maximum Gasteiger partial charge on any atom is 0.133 e. The van der Waals surface area contributed by atoms with Crippen molar-refractivity contribution in [2.75, 3.05) is 0 Å². The molecule has 0 heterocycles. The fraction of sp³-hybridized carbons (Fsp3) is 0.111. The summed E-state index contributed by atoms with van der Waals surface area (Å²) in [6.07, 6.45) is 1.17. The summed E-state index contributed by atoms with van der Waals surface area (Å²) in [5, 5.41) is 0. The molecular weight excluding hydrogens is 146 g/mol. The van der Waals surface area contributed by atoms with Crippen LogP contribution in [0.3, 0.4) is 0 Å². The van der Waals surface area contributed by atoms with Crippen LogP contribution in [0.4, 0.5) is 8.78 Å². The predicted octanol–water partition coefficient (Wildman–Crippen LogP) is 2.92. The van der Waals surface area contributed by atoms with E-state index in [-0.39, 0.29) is 5.56 Å². The van der Waals surface area contributed by atoms with E-state index < -0.39 is 11.6 Å². The molecule has 1 aromatic carbocycles. The Hall–Kier alpha value is -1.18. The van der Waals surface area contributed by atoms with Crippen LogP contribution in [-0.2, 0) is 0 Å². The minimum absolute atomic E-state index is 0.0596. The normalized spacial score (nSPS) is 9.73. The third-order valence-electron chi connectivity index (χ3n) is 1.43. The Morgan fingerprint density at radius 2 is 1.73 bits per heavy atom. The van der Waals surface area contributed by atoms with Gasteiger partial charge in [0.1, 0.15) is 11.6 Å². The number of hydrogen-bond acceptors (Lipinski definition) is 0. The van der Waals surface area contributed by atoms with Crippen LogP contribution in [0.25, 0.3) is 6.08 Å². The molecule has 0 aromatic heterocycles. The average Bonchev–Trinajstić information content (AvgIpc) is 1.85. The lowest BCUT2D eigenvalue weighted by atomic mass is 10.1. The molecule has 0 bridgehead atoms. The van der Waals surface area contributed by atoms with Crippen molar-refractivity contribution < 1.29 is 8.78 Å². The summed E-state index contributed by atoms with van der Waals surface area (Å²) in [6.45, 7) is 4.94. The fourth-order valence-corrected chi connectivity index (χ4v) is 0.906. The lowest BCUT2D eigenvalue weighted by molar-refractivity contribution is 0.577. The van der Waals surface area contributed by atoms with Gasteiger partial charge in [-0.2, -0.15) is 0 Å². The maximum atomic E-state index is 12.8. The van der Waals surface area contributed by atoms with Gasteiger partial charge in [-0.25, -0.2) is 8.78 Å². The molecule has 0 saturated heterocycles. The maximum absolute atomic E-state index is 12.8. The van der Waals surface area contributed by atoms with Gasteiger partial charge in [-0.1, -0.05) is 12.7 Å². The zero-order valence-electron chi connectivity index (χ0n) is 6.20. The highest BCUT2D eigenvalue weighted by Crippen LogP contribution is 2.15. The van der Waals surface area contributed by atoms with Gasteiger partial charge in [0, 0.05) is 5.56 Å². The molecule has 2 heteroatoms. The zero-order valence-corrected chi connectivity index (χ0v) is 6.20. The number of benzene rings is 1. The molecule has 1 rings (SSSR count). The molecule has 0 radical (unpaired) electrons. The van der Waals surface area contributed by atoms with E-state index in [1.807, 2.05) is 0 Å². The molecule has 0 amide bonds. The molecule has 0 aliphatic rings. The third-order valence-corrected chi connectivity index (χ3v) is 1.43. The molecule has 0 fully saturated rings. The second-order valence-electron chi connectivity index (χ2n) is 2.35. The summed E-state index contributed by atoms with van der Waals surface area (Å²) in [6, 6.07) is 2.56. The molecule has 0 aliphatic carbocycles. The van der Waals surface area contributed by atoms with E-state index in [2.05, 4.69) is 6.58 Å². The third kappa shape index (κ3) is 1.45. The summed E-state index contributed by atoms with van der Waals surface area (Å²) in [5.41, 5.74) is 0.515. The Kier molecular flexibility index (Phi) is 2.03. The van der Waals surface area contributed by atoms with E-state index in [9.17, 15) is 8.78 Å². The first-order valence-electron chi connectivity index (χ1n) is 3.23. The first kappa shape index (κ1) is 7.92. The second-order valence-corrected chi connectivity index (χ2v) is 2.35. The van der Waals surface area contributed by atoms with Gasteiger partial charge in [0.15, 0.2) is 0 Å². The van der Waals surface area contributed by atoms with Gasteiger partial charge in [-0.15, -0.1) is 0 Å². The Morgan fingerprint density at radius 1 is 1.27 bits per heavy atom. The van der Waals surface area contributed by atoms with Crippen LogP contribution in [0.5, 0.6) is 0 Å². The molecule has 0 N–H and O–H groups in total. The van der Waals surface area contributed by atoms with Crippen molar-refractivity contribution in [2.45, 2.75) is 6.92 Å². The van der Waals surface area contributed by atoms with Gasteiger partial charge >= 0.3 is 0 Å². The SMILES string of the molecule is C=Cc1c(F)cc(C)cc1F. The minimum Gasteiger partial charge on any atom is -0.206 e. The Bertz CT molecular complexity index is 267. The first-order valence-corrected chi connectivity index (χ1v) is 3.23. The molecular formula is C9H8F2. The minimum atomic E-state index is -0.558. The van der Waals surface area contributed by atoms with Crippen molar-refractivity contribution in [3.63, 3.8) is 0 Å². The van der Waals surface area contributed by atoms with Crippen molar-refractivity contribution in [1.82, 2.24) is 0 Å². The summed E-state index contributed by atoms with van der Waals surface area (Å²) in [4.78, 5) is 0. The van der Waals surface area contributed by atoms with E-state index in [0.29, 0.717) is 5.56 Å². The molecule has 0 nitrogen and oxygen atoms in total. The Balaban J connectivity index is 3.36. The second kappa shape index (κ2) is 2.82. The molecule has 11 heavy (non-hydrogen) atoms. The van der Waals surface area contributed by atoms with E-state index in [0.717, 1.165) is 0 Å². The van der Waals surface area contributed by atoms with Gasteiger partial charge in [0.25, 0.3) is 0 Å². The lowest BCUT2D eigenvalue weighted by Gasteiger charge is -1.99. The highest BCUT2D eigenvalue weighted by atomic mass is 19.1. The molecule has 0 spiro atoms. The van der Waals surface area contributed by atoms with Crippen LogP contribution in [0.1, 0.15) is 11.1 Å².